The molecule has 2 aromatic rings. The third-order valence-corrected chi connectivity index (χ3v) is 6.91. The number of fused-ring (bicyclic) bond motifs is 3. The van der Waals surface area contributed by atoms with Crippen molar-refractivity contribution in [3.63, 3.8) is 0 Å². The van der Waals surface area contributed by atoms with Crippen LogP contribution >= 0.6 is 0 Å². The molecule has 2 aliphatic rings. The first-order valence-electron chi connectivity index (χ1n) is 6.85. The van der Waals surface area contributed by atoms with E-state index in [0.29, 0.717) is 12.3 Å². The number of rotatable bonds is 1. The van der Waals surface area contributed by atoms with Gasteiger partial charge in [0.15, 0.2) is 21.3 Å². The smallest absolute Gasteiger partial charge is 0.192 e. The maximum atomic E-state index is 12.1. The number of aryl methyl sites for hydroxylation is 1. The van der Waals surface area contributed by atoms with E-state index in [0.717, 1.165) is 35.1 Å². The number of sulfone groups is 1. The van der Waals surface area contributed by atoms with Gasteiger partial charge in [-0.2, -0.15) is 0 Å². The van der Waals surface area contributed by atoms with Crippen molar-refractivity contribution in [2.24, 2.45) is 0 Å². The van der Waals surface area contributed by atoms with Gasteiger partial charge >= 0.3 is 0 Å². The van der Waals surface area contributed by atoms with Crippen LogP contribution in [-0.4, -0.2) is 23.9 Å². The zero-order valence-electron chi connectivity index (χ0n) is 11.2. The molecule has 104 valence electrons. The summed E-state index contributed by atoms with van der Waals surface area (Å²) in [5.74, 6) is 0.650. The van der Waals surface area contributed by atoms with Crippen molar-refractivity contribution in [1.82, 2.24) is 4.98 Å². The Hall–Kier alpha value is -1.62. The molecule has 0 aliphatic carbocycles. The van der Waals surface area contributed by atoms with Crippen LogP contribution in [0.5, 0.6) is 0 Å². The molecule has 1 fully saturated rings. The molecule has 1 aromatic heterocycles. The van der Waals surface area contributed by atoms with Crippen LogP contribution in [0, 0.1) is 6.92 Å². The quantitative estimate of drug-likeness (QED) is 0.810. The predicted molar refractivity (Wildman–Crippen MR) is 77.1 cm³/mol. The molecule has 1 aromatic carbocycles. The number of allylic oxidation sites excluding steroid dienone is 1. The van der Waals surface area contributed by atoms with Gasteiger partial charge < -0.3 is 4.42 Å². The molecule has 0 radical (unpaired) electrons. The SMILES string of the molecule is Cc1nc2ccc(C3=CC4CCC(C3)S4(=O)=O)cc2o1. The topological polar surface area (TPSA) is 60.2 Å². The molecule has 1 saturated heterocycles. The molecule has 2 atom stereocenters. The van der Waals surface area contributed by atoms with Gasteiger partial charge in [0.1, 0.15) is 5.52 Å². The van der Waals surface area contributed by atoms with E-state index in [1.165, 1.54) is 0 Å². The molecule has 2 unspecified atom stereocenters. The molecule has 4 rings (SSSR count). The van der Waals surface area contributed by atoms with Crippen LogP contribution in [0.3, 0.4) is 0 Å². The second-order valence-corrected chi connectivity index (χ2v) is 8.09. The van der Waals surface area contributed by atoms with Gasteiger partial charge in [0, 0.05) is 6.92 Å². The summed E-state index contributed by atoms with van der Waals surface area (Å²) >= 11 is 0. The highest BCUT2D eigenvalue weighted by atomic mass is 32.2. The molecule has 20 heavy (non-hydrogen) atoms. The van der Waals surface area contributed by atoms with E-state index in [-0.39, 0.29) is 10.5 Å². The van der Waals surface area contributed by atoms with E-state index in [9.17, 15) is 8.42 Å². The van der Waals surface area contributed by atoms with Crippen molar-refractivity contribution in [3.8, 4) is 0 Å². The third-order valence-electron chi connectivity index (χ3n) is 4.36. The minimum absolute atomic E-state index is 0.195. The van der Waals surface area contributed by atoms with Crippen LogP contribution < -0.4 is 0 Å². The van der Waals surface area contributed by atoms with E-state index in [2.05, 4.69) is 4.98 Å². The summed E-state index contributed by atoms with van der Waals surface area (Å²) in [7, 11) is -2.92. The monoisotopic (exact) mass is 289 g/mol. The lowest BCUT2D eigenvalue weighted by atomic mass is 10.0. The van der Waals surface area contributed by atoms with Gasteiger partial charge in [-0.25, -0.2) is 13.4 Å². The Bertz CT molecular complexity index is 832. The Balaban J connectivity index is 1.80. The second kappa shape index (κ2) is 3.95. The number of hydrogen-bond donors (Lipinski definition) is 0. The molecule has 2 bridgehead atoms. The molecule has 0 saturated carbocycles. The fourth-order valence-corrected chi connectivity index (χ4v) is 5.50. The minimum Gasteiger partial charge on any atom is -0.441 e. The molecule has 0 N–H and O–H groups in total. The molecule has 5 heteroatoms. The third kappa shape index (κ3) is 1.66. The van der Waals surface area contributed by atoms with Crippen molar-refractivity contribution >= 4 is 26.5 Å². The maximum absolute atomic E-state index is 12.1. The summed E-state index contributed by atoms with van der Waals surface area (Å²) in [6.45, 7) is 1.83. The van der Waals surface area contributed by atoms with Gasteiger partial charge in [-0.3, -0.25) is 0 Å². The van der Waals surface area contributed by atoms with E-state index < -0.39 is 9.84 Å². The van der Waals surface area contributed by atoms with E-state index in [1.807, 2.05) is 31.2 Å². The molecular formula is C15H15NO3S. The average Bonchev–Trinajstić information content (AvgIpc) is 2.79. The van der Waals surface area contributed by atoms with E-state index in [4.69, 9.17) is 4.42 Å². The number of benzene rings is 1. The Morgan fingerprint density at radius 3 is 2.95 bits per heavy atom. The van der Waals surface area contributed by atoms with Gasteiger partial charge in [0.2, 0.25) is 0 Å². The Morgan fingerprint density at radius 2 is 2.15 bits per heavy atom. The number of hydrogen-bond acceptors (Lipinski definition) is 4. The van der Waals surface area contributed by atoms with E-state index >= 15 is 0 Å². The Kier molecular flexibility index (Phi) is 2.40. The molecular weight excluding hydrogens is 274 g/mol. The van der Waals surface area contributed by atoms with Crippen LogP contribution in [0.1, 0.15) is 30.7 Å². The standard InChI is InChI=1S/C15H15NO3S/c1-9-16-14-5-2-10(8-15(14)19-9)11-6-12-3-4-13(7-11)20(12,17)18/h2,5-6,8,12-13H,3-4,7H2,1H3. The largest absolute Gasteiger partial charge is 0.441 e. The fourth-order valence-electron chi connectivity index (χ4n) is 3.31. The van der Waals surface area contributed by atoms with Crippen molar-refractivity contribution in [3.05, 3.63) is 35.7 Å². The summed E-state index contributed by atoms with van der Waals surface area (Å²) in [4.78, 5) is 4.28. The Morgan fingerprint density at radius 1 is 1.30 bits per heavy atom. The molecule has 3 heterocycles. The summed E-state index contributed by atoms with van der Waals surface area (Å²) in [5.41, 5.74) is 3.80. The zero-order valence-corrected chi connectivity index (χ0v) is 12.0. The number of aromatic nitrogens is 1. The van der Waals surface area contributed by atoms with Crippen molar-refractivity contribution in [2.45, 2.75) is 36.7 Å². The molecule has 2 aliphatic heterocycles. The fraction of sp³-hybridized carbons (Fsp3) is 0.400. The minimum atomic E-state index is -2.92. The first kappa shape index (κ1) is 12.1. The lowest BCUT2D eigenvalue weighted by Gasteiger charge is -2.20. The van der Waals surface area contributed by atoms with Crippen molar-refractivity contribution in [2.75, 3.05) is 0 Å². The van der Waals surface area contributed by atoms with Gasteiger partial charge in [0.05, 0.1) is 10.5 Å². The Labute approximate surface area is 117 Å². The van der Waals surface area contributed by atoms with E-state index in [1.54, 1.807) is 0 Å². The van der Waals surface area contributed by atoms with Gasteiger partial charge in [-0.15, -0.1) is 0 Å². The zero-order chi connectivity index (χ0) is 13.9. The number of nitrogens with zero attached hydrogens (tertiary/aromatic N) is 1. The van der Waals surface area contributed by atoms with Gasteiger partial charge in [0.25, 0.3) is 0 Å². The highest BCUT2D eigenvalue weighted by Gasteiger charge is 2.43. The van der Waals surface area contributed by atoms with Crippen LogP contribution in [0.25, 0.3) is 16.7 Å². The average molecular weight is 289 g/mol. The first-order chi connectivity index (χ1) is 9.54. The first-order valence-corrected chi connectivity index (χ1v) is 8.46. The van der Waals surface area contributed by atoms with Gasteiger partial charge in [-0.1, -0.05) is 12.1 Å². The van der Waals surface area contributed by atoms with Crippen molar-refractivity contribution in [1.29, 1.82) is 0 Å². The summed E-state index contributed by atoms with van der Waals surface area (Å²) in [5, 5.41) is -0.483. The van der Waals surface area contributed by atoms with Crippen LogP contribution in [-0.2, 0) is 9.84 Å². The van der Waals surface area contributed by atoms with Crippen LogP contribution in [0.2, 0.25) is 0 Å². The summed E-state index contributed by atoms with van der Waals surface area (Å²) in [6, 6.07) is 5.92. The lowest BCUT2D eigenvalue weighted by molar-refractivity contribution is 0.561. The number of oxazole rings is 1. The van der Waals surface area contributed by atoms with Crippen LogP contribution in [0.15, 0.2) is 28.7 Å². The maximum Gasteiger partial charge on any atom is 0.192 e. The molecule has 0 amide bonds. The molecule has 0 spiro atoms. The highest BCUT2D eigenvalue weighted by molar-refractivity contribution is 7.93. The molecule has 4 nitrogen and oxygen atoms in total. The predicted octanol–water partition coefficient (Wildman–Crippen LogP) is 2.87. The highest BCUT2D eigenvalue weighted by Crippen LogP contribution is 2.41. The van der Waals surface area contributed by atoms with Crippen LogP contribution in [0.4, 0.5) is 0 Å². The second-order valence-electron chi connectivity index (χ2n) is 5.64. The lowest BCUT2D eigenvalue weighted by Crippen LogP contribution is -2.26. The van der Waals surface area contributed by atoms with Gasteiger partial charge in [-0.05, 0) is 42.5 Å². The normalized spacial score (nSPS) is 27.8. The summed E-state index contributed by atoms with van der Waals surface area (Å²) < 4.78 is 29.7. The van der Waals surface area contributed by atoms with Crippen molar-refractivity contribution < 1.29 is 12.8 Å². The summed E-state index contributed by atoms with van der Waals surface area (Å²) in [6.07, 6.45) is 4.11.